The maximum absolute atomic E-state index is 12.8. The molecule has 0 bridgehead atoms. The van der Waals surface area contributed by atoms with Crippen molar-refractivity contribution in [1.29, 1.82) is 0 Å². The smallest absolute Gasteiger partial charge is 0.314 e. The lowest BCUT2D eigenvalue weighted by Crippen LogP contribution is -2.30. The van der Waals surface area contributed by atoms with Gasteiger partial charge < -0.3 is 4.74 Å². The minimum absolute atomic E-state index is 0.00402. The Kier molecular flexibility index (Phi) is 8.13. The molecule has 3 fully saturated rings. The van der Waals surface area contributed by atoms with Crippen LogP contribution >= 0.6 is 0 Å². The van der Waals surface area contributed by atoms with Crippen LogP contribution in [0.25, 0.3) is 0 Å². The van der Waals surface area contributed by atoms with Crippen LogP contribution in [0.1, 0.15) is 115 Å². The Balaban J connectivity index is 1.21. The van der Waals surface area contributed by atoms with Gasteiger partial charge in [0.05, 0.1) is 5.92 Å². The van der Waals surface area contributed by atoms with Crippen molar-refractivity contribution in [3.05, 3.63) is 29.8 Å². The van der Waals surface area contributed by atoms with Gasteiger partial charge in [0.15, 0.2) is 0 Å². The summed E-state index contributed by atoms with van der Waals surface area (Å²) in [6, 6.07) is 8.44. The summed E-state index contributed by atoms with van der Waals surface area (Å²) in [5.74, 6) is 5.20. The second-order valence-electron chi connectivity index (χ2n) is 10.9. The van der Waals surface area contributed by atoms with Crippen molar-refractivity contribution < 1.29 is 9.53 Å². The SMILES string of the molecule is CCC1CCC(c2ccc(OC(=O)C3CCC(C4CCC(CC)CC4)CC3)cc2)CC1. The molecule has 2 heteroatoms. The number of hydrogen-bond donors (Lipinski definition) is 0. The lowest BCUT2D eigenvalue weighted by atomic mass is 9.69. The van der Waals surface area contributed by atoms with E-state index in [2.05, 4.69) is 26.0 Å². The summed E-state index contributed by atoms with van der Waals surface area (Å²) < 4.78 is 5.80. The van der Waals surface area contributed by atoms with Crippen molar-refractivity contribution in [3.63, 3.8) is 0 Å². The second kappa shape index (κ2) is 11.0. The summed E-state index contributed by atoms with van der Waals surface area (Å²) in [7, 11) is 0. The summed E-state index contributed by atoms with van der Waals surface area (Å²) >= 11 is 0. The third-order valence-corrected chi connectivity index (χ3v) is 9.23. The highest BCUT2D eigenvalue weighted by Crippen LogP contribution is 2.42. The molecule has 0 unspecified atom stereocenters. The lowest BCUT2D eigenvalue weighted by Gasteiger charge is -2.37. The second-order valence-corrected chi connectivity index (χ2v) is 10.9. The maximum Gasteiger partial charge on any atom is 0.314 e. The Morgan fingerprint density at radius 3 is 1.71 bits per heavy atom. The predicted molar refractivity (Wildman–Crippen MR) is 128 cm³/mol. The van der Waals surface area contributed by atoms with Crippen molar-refractivity contribution >= 4 is 5.97 Å². The fourth-order valence-corrected chi connectivity index (χ4v) is 6.81. The van der Waals surface area contributed by atoms with Crippen LogP contribution < -0.4 is 4.74 Å². The zero-order valence-corrected chi connectivity index (χ0v) is 20.0. The van der Waals surface area contributed by atoms with Crippen LogP contribution in [0.4, 0.5) is 0 Å². The largest absolute Gasteiger partial charge is 0.426 e. The van der Waals surface area contributed by atoms with E-state index in [0.717, 1.165) is 42.3 Å². The van der Waals surface area contributed by atoms with Gasteiger partial charge in [-0.05, 0) is 111 Å². The monoisotopic (exact) mass is 424 g/mol. The fourth-order valence-electron chi connectivity index (χ4n) is 6.81. The highest BCUT2D eigenvalue weighted by atomic mass is 16.5. The molecular weight excluding hydrogens is 380 g/mol. The molecule has 1 aromatic carbocycles. The number of esters is 1. The average molecular weight is 425 g/mol. The Labute approximate surface area is 190 Å². The van der Waals surface area contributed by atoms with Gasteiger partial charge in [0, 0.05) is 0 Å². The number of carbonyl (C=O) groups is 1. The minimum Gasteiger partial charge on any atom is -0.426 e. The van der Waals surface area contributed by atoms with Crippen molar-refractivity contribution in [2.24, 2.45) is 29.6 Å². The van der Waals surface area contributed by atoms with Crippen LogP contribution in [0.5, 0.6) is 5.75 Å². The van der Waals surface area contributed by atoms with Gasteiger partial charge in [0.2, 0.25) is 0 Å². The summed E-state index contributed by atoms with van der Waals surface area (Å²) in [6.07, 6.45) is 18.2. The first-order chi connectivity index (χ1) is 15.2. The fraction of sp³-hybridized carbons (Fsp3) is 0.759. The molecule has 0 amide bonds. The van der Waals surface area contributed by atoms with Gasteiger partial charge in [0.25, 0.3) is 0 Å². The zero-order valence-electron chi connectivity index (χ0n) is 20.0. The minimum atomic E-state index is 0.00402. The van der Waals surface area contributed by atoms with E-state index in [1.165, 1.54) is 82.6 Å². The van der Waals surface area contributed by atoms with E-state index in [4.69, 9.17) is 4.74 Å². The molecule has 3 aliphatic carbocycles. The molecule has 0 spiro atoms. The van der Waals surface area contributed by atoms with Gasteiger partial charge in [-0.15, -0.1) is 0 Å². The highest BCUT2D eigenvalue weighted by molar-refractivity contribution is 5.75. The first-order valence-electron chi connectivity index (χ1n) is 13.5. The van der Waals surface area contributed by atoms with E-state index >= 15 is 0 Å². The van der Waals surface area contributed by atoms with E-state index in [9.17, 15) is 4.79 Å². The van der Waals surface area contributed by atoms with E-state index in [1.54, 1.807) is 0 Å². The van der Waals surface area contributed by atoms with Crippen LogP contribution in [-0.2, 0) is 4.79 Å². The Bertz CT molecular complexity index is 669. The Morgan fingerprint density at radius 2 is 1.19 bits per heavy atom. The quantitative estimate of drug-likeness (QED) is 0.339. The van der Waals surface area contributed by atoms with Gasteiger partial charge in [-0.2, -0.15) is 0 Å². The molecule has 0 atom stereocenters. The van der Waals surface area contributed by atoms with Gasteiger partial charge >= 0.3 is 5.97 Å². The summed E-state index contributed by atoms with van der Waals surface area (Å²) in [5, 5.41) is 0. The zero-order chi connectivity index (χ0) is 21.6. The normalized spacial score (nSPS) is 34.3. The topological polar surface area (TPSA) is 26.3 Å². The molecule has 0 aromatic heterocycles. The number of carbonyl (C=O) groups excluding carboxylic acids is 1. The standard InChI is InChI=1S/C29H44O2/c1-3-21-5-9-23(10-6-21)25-13-15-27(16-14-25)29(30)31-28-19-17-26(18-20-28)24-11-7-22(4-2)8-12-24/h17-25,27H,3-16H2,1-2H3. The molecule has 1 aromatic rings. The van der Waals surface area contributed by atoms with E-state index in [1.807, 2.05) is 12.1 Å². The van der Waals surface area contributed by atoms with E-state index < -0.39 is 0 Å². The molecule has 0 radical (unpaired) electrons. The molecule has 0 saturated heterocycles. The number of benzene rings is 1. The van der Waals surface area contributed by atoms with Crippen molar-refractivity contribution in [2.75, 3.05) is 0 Å². The van der Waals surface area contributed by atoms with Crippen LogP contribution in [0.3, 0.4) is 0 Å². The number of hydrogen-bond acceptors (Lipinski definition) is 2. The molecule has 4 rings (SSSR count). The van der Waals surface area contributed by atoms with E-state index in [-0.39, 0.29) is 11.9 Å². The molecule has 3 aliphatic rings. The first-order valence-corrected chi connectivity index (χ1v) is 13.5. The Morgan fingerprint density at radius 1 is 0.710 bits per heavy atom. The predicted octanol–water partition coefficient (Wildman–Crippen LogP) is 8.30. The van der Waals surface area contributed by atoms with E-state index in [0.29, 0.717) is 5.92 Å². The third-order valence-electron chi connectivity index (χ3n) is 9.23. The van der Waals surface area contributed by atoms with Gasteiger partial charge in [-0.1, -0.05) is 51.7 Å². The van der Waals surface area contributed by atoms with Crippen LogP contribution in [0, 0.1) is 29.6 Å². The molecular formula is C29H44O2. The molecule has 0 heterocycles. The summed E-state index contributed by atoms with van der Waals surface area (Å²) in [4.78, 5) is 12.8. The lowest BCUT2D eigenvalue weighted by molar-refractivity contribution is -0.140. The molecule has 0 aliphatic heterocycles. The van der Waals surface area contributed by atoms with Crippen molar-refractivity contribution in [3.8, 4) is 5.75 Å². The molecule has 3 saturated carbocycles. The first kappa shape index (κ1) is 22.9. The van der Waals surface area contributed by atoms with Gasteiger partial charge in [0.1, 0.15) is 5.75 Å². The maximum atomic E-state index is 12.8. The molecule has 31 heavy (non-hydrogen) atoms. The average Bonchev–Trinajstić information content (AvgIpc) is 2.85. The van der Waals surface area contributed by atoms with Crippen molar-refractivity contribution in [2.45, 2.75) is 110 Å². The highest BCUT2D eigenvalue weighted by Gasteiger charge is 2.33. The number of rotatable bonds is 6. The van der Waals surface area contributed by atoms with Gasteiger partial charge in [-0.25, -0.2) is 0 Å². The summed E-state index contributed by atoms with van der Waals surface area (Å²) in [6.45, 7) is 4.66. The number of ether oxygens (including phenoxy) is 1. The molecule has 172 valence electrons. The van der Waals surface area contributed by atoms with Crippen LogP contribution in [0.15, 0.2) is 24.3 Å². The van der Waals surface area contributed by atoms with Gasteiger partial charge in [-0.3, -0.25) is 4.79 Å². The third kappa shape index (κ3) is 5.93. The van der Waals surface area contributed by atoms with Crippen molar-refractivity contribution in [1.82, 2.24) is 0 Å². The Hall–Kier alpha value is -1.31. The molecule has 2 nitrogen and oxygen atoms in total. The van der Waals surface area contributed by atoms with Crippen LogP contribution in [-0.4, -0.2) is 5.97 Å². The molecule has 0 N–H and O–H groups in total. The van der Waals surface area contributed by atoms with Crippen LogP contribution in [0.2, 0.25) is 0 Å². The summed E-state index contributed by atoms with van der Waals surface area (Å²) in [5.41, 5.74) is 1.42.